The highest BCUT2D eigenvalue weighted by Gasteiger charge is 2.19. The molecule has 0 aromatic heterocycles. The minimum Gasteiger partial charge on any atom is -0.475 e. The fourth-order valence-corrected chi connectivity index (χ4v) is 2.22. The SMILES string of the molecule is C#CCOc1c(F)cc(C(=O)NCCC2CCC2)cc1F. The highest BCUT2D eigenvalue weighted by molar-refractivity contribution is 5.94. The number of carbonyl (C=O) groups is 1. The molecule has 21 heavy (non-hydrogen) atoms. The second kappa shape index (κ2) is 7.07. The number of ether oxygens (including phenoxy) is 1. The van der Waals surface area contributed by atoms with Gasteiger partial charge in [-0.3, -0.25) is 4.79 Å². The molecule has 1 aliphatic carbocycles. The van der Waals surface area contributed by atoms with Crippen LogP contribution in [0.25, 0.3) is 0 Å². The van der Waals surface area contributed by atoms with Crippen LogP contribution in [0.15, 0.2) is 12.1 Å². The third kappa shape index (κ3) is 3.94. The summed E-state index contributed by atoms with van der Waals surface area (Å²) < 4.78 is 32.2. The third-order valence-electron chi connectivity index (χ3n) is 3.62. The van der Waals surface area contributed by atoms with Crippen LogP contribution < -0.4 is 10.1 Å². The molecular formula is C16H17F2NO2. The van der Waals surface area contributed by atoms with E-state index in [4.69, 9.17) is 11.2 Å². The molecule has 5 heteroatoms. The fraction of sp³-hybridized carbons (Fsp3) is 0.438. The van der Waals surface area contributed by atoms with E-state index in [1.54, 1.807) is 0 Å². The van der Waals surface area contributed by atoms with Gasteiger partial charge >= 0.3 is 0 Å². The number of amides is 1. The lowest BCUT2D eigenvalue weighted by molar-refractivity contribution is 0.0948. The molecule has 2 rings (SSSR count). The van der Waals surface area contributed by atoms with Gasteiger partial charge in [-0.2, -0.15) is 0 Å². The van der Waals surface area contributed by atoms with Gasteiger partial charge in [0.05, 0.1) is 0 Å². The number of nitrogens with one attached hydrogen (secondary N) is 1. The van der Waals surface area contributed by atoms with Gasteiger partial charge in [0.25, 0.3) is 5.91 Å². The summed E-state index contributed by atoms with van der Waals surface area (Å²) >= 11 is 0. The lowest BCUT2D eigenvalue weighted by Crippen LogP contribution is -2.27. The molecule has 0 aliphatic heterocycles. The average Bonchev–Trinajstić information content (AvgIpc) is 2.40. The van der Waals surface area contributed by atoms with Gasteiger partial charge in [0.1, 0.15) is 6.61 Å². The zero-order valence-corrected chi connectivity index (χ0v) is 11.6. The van der Waals surface area contributed by atoms with Crippen LogP contribution in [0.4, 0.5) is 8.78 Å². The molecule has 1 fully saturated rings. The lowest BCUT2D eigenvalue weighted by atomic mass is 9.83. The summed E-state index contributed by atoms with van der Waals surface area (Å²) in [4.78, 5) is 11.8. The maximum atomic E-state index is 13.7. The van der Waals surface area contributed by atoms with E-state index in [2.05, 4.69) is 11.2 Å². The number of rotatable bonds is 6. The Balaban J connectivity index is 1.95. The molecule has 0 saturated heterocycles. The second-order valence-corrected chi connectivity index (χ2v) is 5.10. The van der Waals surface area contributed by atoms with E-state index in [0.29, 0.717) is 12.5 Å². The van der Waals surface area contributed by atoms with Crippen molar-refractivity contribution < 1.29 is 18.3 Å². The van der Waals surface area contributed by atoms with Crippen molar-refractivity contribution in [1.82, 2.24) is 5.32 Å². The molecule has 1 aliphatic rings. The minimum absolute atomic E-state index is 0.0633. The second-order valence-electron chi connectivity index (χ2n) is 5.10. The van der Waals surface area contributed by atoms with E-state index in [9.17, 15) is 13.6 Å². The lowest BCUT2D eigenvalue weighted by Gasteiger charge is -2.25. The average molecular weight is 293 g/mol. The van der Waals surface area contributed by atoms with Gasteiger partial charge in [0, 0.05) is 12.1 Å². The molecule has 0 radical (unpaired) electrons. The standard InChI is InChI=1S/C16H17F2NO2/c1-2-8-21-15-13(17)9-12(10-14(15)18)16(20)19-7-6-11-4-3-5-11/h1,9-11H,3-8H2,(H,19,20). The summed E-state index contributed by atoms with van der Waals surface area (Å²) in [6.45, 7) is 0.281. The molecule has 0 bridgehead atoms. The number of carbonyl (C=O) groups excluding carboxylic acids is 1. The van der Waals surface area contributed by atoms with E-state index in [1.165, 1.54) is 19.3 Å². The molecule has 1 aromatic rings. The Morgan fingerprint density at radius 2 is 2.05 bits per heavy atom. The molecule has 112 valence electrons. The van der Waals surface area contributed by atoms with Gasteiger partial charge < -0.3 is 10.1 Å². The largest absolute Gasteiger partial charge is 0.475 e. The predicted molar refractivity (Wildman–Crippen MR) is 75.0 cm³/mol. The number of halogens is 2. The zero-order valence-electron chi connectivity index (χ0n) is 11.6. The third-order valence-corrected chi connectivity index (χ3v) is 3.62. The number of hydrogen-bond donors (Lipinski definition) is 1. The first-order valence-electron chi connectivity index (χ1n) is 6.95. The van der Waals surface area contributed by atoms with Gasteiger partial charge in [0.15, 0.2) is 17.4 Å². The highest BCUT2D eigenvalue weighted by Crippen LogP contribution is 2.28. The first kappa shape index (κ1) is 15.3. The fourth-order valence-electron chi connectivity index (χ4n) is 2.22. The quantitative estimate of drug-likeness (QED) is 0.819. The van der Waals surface area contributed by atoms with Gasteiger partial charge in [0.2, 0.25) is 0 Å². The first-order chi connectivity index (χ1) is 10.1. The normalized spacial score (nSPS) is 14.1. The van der Waals surface area contributed by atoms with Crippen LogP contribution in [0.5, 0.6) is 5.75 Å². The minimum atomic E-state index is -0.936. The Labute approximate surface area is 122 Å². The molecule has 3 nitrogen and oxygen atoms in total. The molecular weight excluding hydrogens is 276 g/mol. The molecule has 0 heterocycles. The summed E-state index contributed by atoms with van der Waals surface area (Å²) in [5.41, 5.74) is -0.0633. The summed E-state index contributed by atoms with van der Waals surface area (Å²) in [6, 6.07) is 1.90. The Kier molecular flexibility index (Phi) is 5.15. The molecule has 1 saturated carbocycles. The van der Waals surface area contributed by atoms with Crippen LogP contribution in [-0.4, -0.2) is 19.1 Å². The van der Waals surface area contributed by atoms with E-state index < -0.39 is 23.3 Å². The van der Waals surface area contributed by atoms with E-state index in [0.717, 1.165) is 18.6 Å². The number of benzene rings is 1. The van der Waals surface area contributed by atoms with Crippen molar-refractivity contribution in [3.8, 4) is 18.1 Å². The van der Waals surface area contributed by atoms with Gasteiger partial charge in [-0.1, -0.05) is 25.2 Å². The van der Waals surface area contributed by atoms with Crippen molar-refractivity contribution in [3.05, 3.63) is 29.3 Å². The smallest absolute Gasteiger partial charge is 0.251 e. The van der Waals surface area contributed by atoms with Crippen LogP contribution in [0, 0.1) is 29.9 Å². The van der Waals surface area contributed by atoms with Gasteiger partial charge in [-0.05, 0) is 24.5 Å². The zero-order chi connectivity index (χ0) is 15.2. The summed E-state index contributed by atoms with van der Waals surface area (Å²) in [5, 5.41) is 2.67. The number of hydrogen-bond acceptors (Lipinski definition) is 2. The van der Waals surface area contributed by atoms with Gasteiger partial charge in [-0.25, -0.2) is 8.78 Å². The Hall–Kier alpha value is -2.09. The van der Waals surface area contributed by atoms with Crippen LogP contribution in [0.3, 0.4) is 0 Å². The summed E-state index contributed by atoms with van der Waals surface area (Å²) in [5.74, 6) is -0.130. The Bertz CT molecular complexity index is 539. The maximum absolute atomic E-state index is 13.7. The monoisotopic (exact) mass is 293 g/mol. The number of terminal acetylenes is 1. The molecule has 1 aromatic carbocycles. The molecule has 0 unspecified atom stereocenters. The summed E-state index contributed by atoms with van der Waals surface area (Å²) in [6.07, 6.45) is 9.50. The van der Waals surface area contributed by atoms with E-state index in [-0.39, 0.29) is 12.2 Å². The Morgan fingerprint density at radius 3 is 2.57 bits per heavy atom. The van der Waals surface area contributed by atoms with Crippen LogP contribution in [0.1, 0.15) is 36.0 Å². The first-order valence-corrected chi connectivity index (χ1v) is 6.95. The molecule has 1 amide bonds. The molecule has 0 spiro atoms. The van der Waals surface area contributed by atoms with Gasteiger partial charge in [-0.15, -0.1) is 6.42 Å². The van der Waals surface area contributed by atoms with Crippen LogP contribution in [-0.2, 0) is 0 Å². The van der Waals surface area contributed by atoms with Crippen molar-refractivity contribution in [2.24, 2.45) is 5.92 Å². The molecule has 1 N–H and O–H groups in total. The van der Waals surface area contributed by atoms with Crippen molar-refractivity contribution in [2.45, 2.75) is 25.7 Å². The van der Waals surface area contributed by atoms with Crippen LogP contribution >= 0.6 is 0 Å². The molecule has 0 atom stereocenters. The Morgan fingerprint density at radius 1 is 1.38 bits per heavy atom. The maximum Gasteiger partial charge on any atom is 0.251 e. The van der Waals surface area contributed by atoms with Crippen molar-refractivity contribution in [2.75, 3.05) is 13.2 Å². The topological polar surface area (TPSA) is 38.3 Å². The predicted octanol–water partition coefficient (Wildman–Crippen LogP) is 2.90. The summed E-state index contributed by atoms with van der Waals surface area (Å²) in [7, 11) is 0. The van der Waals surface area contributed by atoms with E-state index >= 15 is 0 Å². The highest BCUT2D eigenvalue weighted by atomic mass is 19.1. The van der Waals surface area contributed by atoms with Crippen molar-refractivity contribution in [1.29, 1.82) is 0 Å². The van der Waals surface area contributed by atoms with E-state index in [1.807, 2.05) is 0 Å². The van der Waals surface area contributed by atoms with Crippen molar-refractivity contribution in [3.63, 3.8) is 0 Å². The van der Waals surface area contributed by atoms with Crippen molar-refractivity contribution >= 4 is 5.91 Å². The van der Waals surface area contributed by atoms with Crippen LogP contribution in [0.2, 0.25) is 0 Å².